The number of carbonyl (C=O) groups excluding carboxylic acids is 2. The summed E-state index contributed by atoms with van der Waals surface area (Å²) in [5, 5.41) is 4.68. The third-order valence-electron chi connectivity index (χ3n) is 5.83. The van der Waals surface area contributed by atoms with Crippen LogP contribution in [0.4, 0.5) is 0 Å². The van der Waals surface area contributed by atoms with E-state index in [2.05, 4.69) is 10.5 Å². The van der Waals surface area contributed by atoms with Crippen molar-refractivity contribution in [2.75, 3.05) is 39.5 Å². The second-order valence-electron chi connectivity index (χ2n) is 8.50. The summed E-state index contributed by atoms with van der Waals surface area (Å²) in [6.07, 6.45) is 1.50. The molecule has 0 saturated carbocycles. The van der Waals surface area contributed by atoms with E-state index in [4.69, 9.17) is 30.5 Å². The van der Waals surface area contributed by atoms with Crippen LogP contribution in [0.2, 0.25) is 5.02 Å². The highest BCUT2D eigenvalue weighted by molar-refractivity contribution is 6.31. The number of ether oxygens (including phenoxy) is 4. The molecule has 1 aliphatic rings. The highest BCUT2D eigenvalue weighted by Gasteiger charge is 2.18. The SMILES string of the molecule is CCOc1cc(/C=N\NC(=O)c2ccccc2OCc2ccccc2Cl)ccc1OCC(=O)N1CCOCC1. The fourth-order valence-corrected chi connectivity index (χ4v) is 4.00. The number of para-hydroxylation sites is 1. The van der Waals surface area contributed by atoms with Crippen LogP contribution in [0.25, 0.3) is 0 Å². The van der Waals surface area contributed by atoms with Gasteiger partial charge in [0, 0.05) is 23.7 Å². The lowest BCUT2D eigenvalue weighted by atomic mass is 10.2. The van der Waals surface area contributed by atoms with E-state index >= 15 is 0 Å². The molecule has 3 aromatic rings. The van der Waals surface area contributed by atoms with Gasteiger partial charge in [0.15, 0.2) is 18.1 Å². The van der Waals surface area contributed by atoms with E-state index in [0.717, 1.165) is 5.56 Å². The number of hydrogen-bond donors (Lipinski definition) is 1. The summed E-state index contributed by atoms with van der Waals surface area (Å²) in [7, 11) is 0. The fraction of sp³-hybridized carbons (Fsp3) is 0.276. The molecule has 1 N–H and O–H groups in total. The molecule has 3 aromatic carbocycles. The van der Waals surface area contributed by atoms with Gasteiger partial charge < -0.3 is 23.8 Å². The van der Waals surface area contributed by atoms with Crippen molar-refractivity contribution in [3.05, 3.63) is 88.4 Å². The largest absolute Gasteiger partial charge is 0.490 e. The van der Waals surface area contributed by atoms with Gasteiger partial charge in [0.25, 0.3) is 11.8 Å². The van der Waals surface area contributed by atoms with E-state index in [1.54, 1.807) is 53.4 Å². The monoisotopic (exact) mass is 551 g/mol. The topological polar surface area (TPSA) is 98.7 Å². The number of hydrazone groups is 1. The Labute approximate surface area is 232 Å². The van der Waals surface area contributed by atoms with Gasteiger partial charge in [-0.15, -0.1) is 0 Å². The number of morpholine rings is 1. The van der Waals surface area contributed by atoms with Gasteiger partial charge in [0.05, 0.1) is 31.6 Å². The van der Waals surface area contributed by atoms with E-state index < -0.39 is 5.91 Å². The van der Waals surface area contributed by atoms with Crippen molar-refractivity contribution in [3.63, 3.8) is 0 Å². The Morgan fingerprint density at radius 2 is 1.74 bits per heavy atom. The van der Waals surface area contributed by atoms with Gasteiger partial charge in [-0.2, -0.15) is 5.10 Å². The molecule has 0 aliphatic carbocycles. The fourth-order valence-electron chi connectivity index (χ4n) is 3.81. The quantitative estimate of drug-likeness (QED) is 0.281. The van der Waals surface area contributed by atoms with Crippen LogP contribution in [-0.2, 0) is 16.1 Å². The van der Waals surface area contributed by atoms with Crippen LogP contribution in [0.15, 0.2) is 71.8 Å². The molecule has 0 atom stereocenters. The summed E-state index contributed by atoms with van der Waals surface area (Å²) in [5.74, 6) is 0.805. The summed E-state index contributed by atoms with van der Waals surface area (Å²) in [6.45, 7) is 4.56. The van der Waals surface area contributed by atoms with Gasteiger partial charge >= 0.3 is 0 Å². The zero-order valence-corrected chi connectivity index (χ0v) is 22.4. The minimum Gasteiger partial charge on any atom is -0.490 e. The van der Waals surface area contributed by atoms with E-state index in [0.29, 0.717) is 66.3 Å². The Balaban J connectivity index is 1.36. The number of nitrogens with one attached hydrogen (secondary N) is 1. The molecule has 2 amide bonds. The normalized spacial score (nSPS) is 13.2. The van der Waals surface area contributed by atoms with Gasteiger partial charge in [-0.3, -0.25) is 9.59 Å². The average molecular weight is 552 g/mol. The third kappa shape index (κ3) is 7.95. The second kappa shape index (κ2) is 14.2. The molecule has 0 spiro atoms. The van der Waals surface area contributed by atoms with Gasteiger partial charge in [-0.25, -0.2) is 5.43 Å². The molecule has 0 bridgehead atoms. The maximum atomic E-state index is 12.8. The number of hydrogen-bond acceptors (Lipinski definition) is 7. The molecule has 0 unspecified atom stereocenters. The smallest absolute Gasteiger partial charge is 0.275 e. The number of benzene rings is 3. The maximum Gasteiger partial charge on any atom is 0.275 e. The molecular formula is C29H30ClN3O6. The Morgan fingerprint density at radius 1 is 0.974 bits per heavy atom. The molecule has 10 heteroatoms. The molecule has 0 aromatic heterocycles. The highest BCUT2D eigenvalue weighted by Crippen LogP contribution is 2.28. The van der Waals surface area contributed by atoms with Crippen LogP contribution >= 0.6 is 11.6 Å². The molecule has 4 rings (SSSR count). The standard InChI is InChI=1S/C29H30ClN3O6/c1-2-37-27-17-21(11-12-26(27)39-20-28(34)33-13-15-36-16-14-33)18-31-32-29(35)23-8-4-6-10-25(23)38-19-22-7-3-5-9-24(22)30/h3-12,17-18H,2,13-16,19-20H2,1H3,(H,32,35)/b31-18-. The first-order chi connectivity index (χ1) is 19.0. The van der Waals surface area contributed by atoms with Crippen LogP contribution in [-0.4, -0.2) is 62.4 Å². The zero-order valence-electron chi connectivity index (χ0n) is 21.6. The molecule has 1 saturated heterocycles. The molecular weight excluding hydrogens is 522 g/mol. The van der Waals surface area contributed by atoms with Crippen molar-refractivity contribution < 1.29 is 28.5 Å². The first-order valence-corrected chi connectivity index (χ1v) is 13.0. The molecule has 0 radical (unpaired) electrons. The lowest BCUT2D eigenvalue weighted by molar-refractivity contribution is -0.137. The Morgan fingerprint density at radius 3 is 2.54 bits per heavy atom. The number of carbonyl (C=O) groups is 2. The van der Waals surface area contributed by atoms with Crippen LogP contribution < -0.4 is 19.6 Å². The van der Waals surface area contributed by atoms with E-state index in [9.17, 15) is 9.59 Å². The highest BCUT2D eigenvalue weighted by atomic mass is 35.5. The van der Waals surface area contributed by atoms with Gasteiger partial charge in [-0.1, -0.05) is 41.9 Å². The summed E-state index contributed by atoms with van der Waals surface area (Å²) in [5.41, 5.74) is 4.36. The number of halogens is 1. The number of amides is 2. The minimum atomic E-state index is -0.424. The van der Waals surface area contributed by atoms with Crippen molar-refractivity contribution in [2.24, 2.45) is 5.10 Å². The lowest BCUT2D eigenvalue weighted by Gasteiger charge is -2.26. The second-order valence-corrected chi connectivity index (χ2v) is 8.90. The average Bonchev–Trinajstić information content (AvgIpc) is 2.97. The number of nitrogens with zero attached hydrogens (tertiary/aromatic N) is 2. The van der Waals surface area contributed by atoms with Crippen LogP contribution in [0, 0.1) is 0 Å². The molecule has 204 valence electrons. The van der Waals surface area contributed by atoms with Gasteiger partial charge in [0.2, 0.25) is 0 Å². The van der Waals surface area contributed by atoms with Crippen LogP contribution in [0.1, 0.15) is 28.4 Å². The molecule has 1 heterocycles. The third-order valence-corrected chi connectivity index (χ3v) is 6.20. The summed E-state index contributed by atoms with van der Waals surface area (Å²) < 4.78 is 22.6. The number of rotatable bonds is 11. The predicted octanol–water partition coefficient (Wildman–Crippen LogP) is 4.32. The summed E-state index contributed by atoms with van der Waals surface area (Å²) in [4.78, 5) is 26.9. The van der Waals surface area contributed by atoms with E-state index in [1.807, 2.05) is 25.1 Å². The lowest BCUT2D eigenvalue weighted by Crippen LogP contribution is -2.43. The van der Waals surface area contributed by atoms with E-state index in [-0.39, 0.29) is 19.1 Å². The Hall–Kier alpha value is -4.08. The summed E-state index contributed by atoms with van der Waals surface area (Å²) in [6, 6.07) is 19.5. The van der Waals surface area contributed by atoms with Crippen molar-refractivity contribution in [3.8, 4) is 17.2 Å². The Kier molecular flexibility index (Phi) is 10.2. The maximum absolute atomic E-state index is 12.8. The zero-order chi connectivity index (χ0) is 27.5. The van der Waals surface area contributed by atoms with Crippen molar-refractivity contribution in [1.29, 1.82) is 0 Å². The Bertz CT molecular complexity index is 1310. The van der Waals surface area contributed by atoms with Crippen LogP contribution in [0.3, 0.4) is 0 Å². The predicted molar refractivity (Wildman–Crippen MR) is 148 cm³/mol. The van der Waals surface area contributed by atoms with Gasteiger partial charge in [0.1, 0.15) is 12.4 Å². The minimum absolute atomic E-state index is 0.0957. The summed E-state index contributed by atoms with van der Waals surface area (Å²) >= 11 is 6.21. The van der Waals surface area contributed by atoms with Crippen molar-refractivity contribution in [1.82, 2.24) is 10.3 Å². The first-order valence-electron chi connectivity index (χ1n) is 12.6. The van der Waals surface area contributed by atoms with Crippen LogP contribution in [0.5, 0.6) is 17.2 Å². The molecule has 1 aliphatic heterocycles. The van der Waals surface area contributed by atoms with Gasteiger partial charge in [-0.05, 0) is 48.9 Å². The molecule has 9 nitrogen and oxygen atoms in total. The van der Waals surface area contributed by atoms with Crippen molar-refractivity contribution >= 4 is 29.6 Å². The van der Waals surface area contributed by atoms with Crippen molar-refractivity contribution in [2.45, 2.75) is 13.5 Å². The molecule has 39 heavy (non-hydrogen) atoms. The van der Waals surface area contributed by atoms with E-state index in [1.165, 1.54) is 6.21 Å². The molecule has 1 fully saturated rings. The first kappa shape index (κ1) is 27.9.